The number of carbonyl (C=O) groups is 3. The van der Waals surface area contributed by atoms with Crippen molar-refractivity contribution >= 4 is 29.7 Å². The van der Waals surface area contributed by atoms with Crippen LogP contribution >= 0.6 is 11.8 Å². The van der Waals surface area contributed by atoms with Crippen molar-refractivity contribution in [1.82, 2.24) is 0 Å². The first-order valence-corrected chi connectivity index (χ1v) is 7.50. The van der Waals surface area contributed by atoms with Gasteiger partial charge in [-0.05, 0) is 20.8 Å². The van der Waals surface area contributed by atoms with Crippen LogP contribution in [-0.4, -0.2) is 49.7 Å². The molecule has 0 bridgehead atoms. The van der Waals surface area contributed by atoms with Crippen molar-refractivity contribution in [2.75, 3.05) is 31.8 Å². The highest BCUT2D eigenvalue weighted by Gasteiger charge is 2.28. The van der Waals surface area contributed by atoms with Crippen LogP contribution in [0, 0.1) is 5.41 Å². The molecule has 0 aromatic carbocycles. The molecule has 0 rings (SSSR count). The van der Waals surface area contributed by atoms with Gasteiger partial charge in [0.15, 0.2) is 0 Å². The second-order valence-electron chi connectivity index (χ2n) is 5.00. The molecule has 0 radical (unpaired) electrons. The smallest absolute Gasteiger partial charge is 0.333 e. The van der Waals surface area contributed by atoms with Crippen LogP contribution in [-0.2, 0) is 28.6 Å². The van der Waals surface area contributed by atoms with Crippen molar-refractivity contribution in [2.45, 2.75) is 35.6 Å². The van der Waals surface area contributed by atoms with E-state index in [0.717, 1.165) is 0 Å². The minimum absolute atomic E-state index is 0. The molecule has 23 heavy (non-hydrogen) atoms. The molecule has 0 spiro atoms. The highest BCUT2D eigenvalue weighted by molar-refractivity contribution is 7.99. The maximum absolute atomic E-state index is 11.4. The molecule has 0 N–H and O–H groups in total. The lowest BCUT2D eigenvalue weighted by atomic mass is 9.97. The molecule has 0 unspecified atom stereocenters. The van der Waals surface area contributed by atoms with Gasteiger partial charge in [-0.2, -0.15) is 0 Å². The monoisotopic (exact) mass is 350 g/mol. The van der Waals surface area contributed by atoms with Gasteiger partial charge in [0.2, 0.25) is 0 Å². The van der Waals surface area contributed by atoms with E-state index in [4.69, 9.17) is 9.47 Å². The van der Waals surface area contributed by atoms with Gasteiger partial charge in [-0.3, -0.25) is 9.59 Å². The Labute approximate surface area is 143 Å². The van der Waals surface area contributed by atoms with Gasteiger partial charge in [0.25, 0.3) is 0 Å². The van der Waals surface area contributed by atoms with E-state index in [1.165, 1.54) is 25.8 Å². The summed E-state index contributed by atoms with van der Waals surface area (Å²) in [6.45, 7) is 8.45. The Bertz CT molecular complexity index is 403. The molecular formula is C16H30O6S. The Kier molecular flexibility index (Phi) is 14.9. The summed E-state index contributed by atoms with van der Waals surface area (Å²) in [5.41, 5.74) is -0.363. The Morgan fingerprint density at radius 3 is 2.09 bits per heavy atom. The maximum Gasteiger partial charge on any atom is 0.333 e. The number of hydrogen-bond acceptors (Lipinski definition) is 7. The fraction of sp³-hybridized carbons (Fsp3) is 0.688. The molecule has 0 aliphatic heterocycles. The molecule has 0 fully saturated rings. The van der Waals surface area contributed by atoms with E-state index in [2.05, 4.69) is 11.3 Å². The quantitative estimate of drug-likeness (QED) is 0.274. The lowest BCUT2D eigenvalue weighted by Crippen LogP contribution is -2.28. The van der Waals surface area contributed by atoms with E-state index in [1.807, 2.05) is 0 Å². The SMILES string of the molecule is C.C.C=C(C)C(=O)OCCOC(=O)CSCC(C)(C)C(=O)OC. The Morgan fingerprint density at radius 1 is 1.09 bits per heavy atom. The summed E-state index contributed by atoms with van der Waals surface area (Å²) in [7, 11) is 1.33. The standard InChI is InChI=1S/C14H22O6S.2CH4/c1-10(2)12(16)20-7-6-19-11(15)8-21-9-14(3,4)13(17)18-5;;/h1,6-9H2,2-5H3;2*1H4. The van der Waals surface area contributed by atoms with E-state index < -0.39 is 17.4 Å². The van der Waals surface area contributed by atoms with Gasteiger partial charge < -0.3 is 14.2 Å². The van der Waals surface area contributed by atoms with E-state index in [-0.39, 0.29) is 39.8 Å². The zero-order chi connectivity index (χ0) is 16.5. The highest BCUT2D eigenvalue weighted by Crippen LogP contribution is 2.23. The Hall–Kier alpha value is -1.50. The normalized spacial score (nSPS) is 9.74. The third-order valence-electron chi connectivity index (χ3n) is 2.35. The molecule has 0 aliphatic rings. The van der Waals surface area contributed by atoms with Crippen molar-refractivity contribution in [1.29, 1.82) is 0 Å². The first-order chi connectivity index (χ1) is 9.70. The summed E-state index contributed by atoms with van der Waals surface area (Å²) in [4.78, 5) is 33.9. The zero-order valence-corrected chi connectivity index (χ0v) is 13.7. The minimum Gasteiger partial charge on any atom is -0.469 e. The number of rotatable bonds is 9. The summed E-state index contributed by atoms with van der Waals surface area (Å²) in [5.74, 6) is -0.698. The highest BCUT2D eigenvalue weighted by atomic mass is 32.2. The molecule has 0 atom stereocenters. The van der Waals surface area contributed by atoms with E-state index in [0.29, 0.717) is 11.3 Å². The van der Waals surface area contributed by atoms with Gasteiger partial charge >= 0.3 is 17.9 Å². The largest absolute Gasteiger partial charge is 0.469 e. The number of esters is 3. The molecule has 0 aliphatic carbocycles. The second-order valence-corrected chi connectivity index (χ2v) is 5.99. The molecule has 0 aromatic rings. The number of ether oxygens (including phenoxy) is 3. The first kappa shape index (κ1) is 26.4. The molecule has 0 heterocycles. The van der Waals surface area contributed by atoms with Crippen LogP contribution in [0.25, 0.3) is 0 Å². The van der Waals surface area contributed by atoms with E-state index >= 15 is 0 Å². The number of carbonyl (C=O) groups excluding carboxylic acids is 3. The van der Waals surface area contributed by atoms with E-state index in [1.54, 1.807) is 13.8 Å². The van der Waals surface area contributed by atoms with Gasteiger partial charge in [0.1, 0.15) is 13.2 Å². The van der Waals surface area contributed by atoms with Gasteiger partial charge in [0, 0.05) is 11.3 Å². The molecule has 7 heteroatoms. The average Bonchev–Trinajstić information content (AvgIpc) is 2.41. The number of methoxy groups -OCH3 is 1. The van der Waals surface area contributed by atoms with Gasteiger partial charge in [0.05, 0.1) is 18.3 Å². The lowest BCUT2D eigenvalue weighted by Gasteiger charge is -2.20. The van der Waals surface area contributed by atoms with Crippen LogP contribution in [0.4, 0.5) is 0 Å². The fourth-order valence-corrected chi connectivity index (χ4v) is 2.16. The zero-order valence-electron chi connectivity index (χ0n) is 12.9. The van der Waals surface area contributed by atoms with Crippen LogP contribution in [0.2, 0.25) is 0 Å². The van der Waals surface area contributed by atoms with Crippen molar-refractivity contribution in [3.8, 4) is 0 Å². The molecule has 0 amide bonds. The van der Waals surface area contributed by atoms with Crippen molar-refractivity contribution in [3.05, 3.63) is 12.2 Å². The van der Waals surface area contributed by atoms with Gasteiger partial charge in [-0.1, -0.05) is 21.4 Å². The molecule has 0 saturated heterocycles. The van der Waals surface area contributed by atoms with Crippen LogP contribution in [0.3, 0.4) is 0 Å². The molecule has 6 nitrogen and oxygen atoms in total. The first-order valence-electron chi connectivity index (χ1n) is 6.35. The predicted octanol–water partition coefficient (Wildman–Crippen LogP) is 2.85. The number of thioether (sulfide) groups is 1. The van der Waals surface area contributed by atoms with Gasteiger partial charge in [-0.15, -0.1) is 11.8 Å². The van der Waals surface area contributed by atoms with Gasteiger partial charge in [-0.25, -0.2) is 4.79 Å². The van der Waals surface area contributed by atoms with Crippen molar-refractivity contribution in [3.63, 3.8) is 0 Å². The van der Waals surface area contributed by atoms with Crippen LogP contribution in [0.5, 0.6) is 0 Å². The summed E-state index contributed by atoms with van der Waals surface area (Å²) in [6.07, 6.45) is 0. The minimum atomic E-state index is -0.656. The summed E-state index contributed by atoms with van der Waals surface area (Å²) >= 11 is 1.28. The summed E-state index contributed by atoms with van der Waals surface area (Å²) in [6, 6.07) is 0. The molecule has 0 aromatic heterocycles. The molecule has 136 valence electrons. The number of hydrogen-bond donors (Lipinski definition) is 0. The molecule has 0 saturated carbocycles. The maximum atomic E-state index is 11.4. The lowest BCUT2D eigenvalue weighted by molar-refractivity contribution is -0.149. The van der Waals surface area contributed by atoms with Crippen LogP contribution in [0.15, 0.2) is 12.2 Å². The predicted molar refractivity (Wildman–Crippen MR) is 93.3 cm³/mol. The summed E-state index contributed by atoms with van der Waals surface area (Å²) in [5, 5.41) is 0. The van der Waals surface area contributed by atoms with Crippen molar-refractivity contribution < 1.29 is 28.6 Å². The Balaban J connectivity index is -0.00000200. The average molecular weight is 350 g/mol. The third-order valence-corrected chi connectivity index (χ3v) is 3.71. The van der Waals surface area contributed by atoms with E-state index in [9.17, 15) is 14.4 Å². The topological polar surface area (TPSA) is 78.9 Å². The summed E-state index contributed by atoms with van der Waals surface area (Å²) < 4.78 is 14.3. The fourth-order valence-electron chi connectivity index (χ4n) is 1.18. The van der Waals surface area contributed by atoms with Crippen LogP contribution < -0.4 is 0 Å². The van der Waals surface area contributed by atoms with Crippen LogP contribution in [0.1, 0.15) is 35.6 Å². The molecular weight excluding hydrogens is 320 g/mol. The second kappa shape index (κ2) is 13.0. The third kappa shape index (κ3) is 11.7. The Morgan fingerprint density at radius 2 is 1.61 bits per heavy atom. The van der Waals surface area contributed by atoms with Crippen molar-refractivity contribution in [2.24, 2.45) is 5.41 Å².